The van der Waals surface area contributed by atoms with Crippen molar-refractivity contribution >= 4 is 16.8 Å². The third kappa shape index (κ3) is 5.01. The van der Waals surface area contributed by atoms with Crippen molar-refractivity contribution in [3.8, 4) is 11.3 Å². The largest absolute Gasteiger partial charge is 0.632 e. The van der Waals surface area contributed by atoms with Gasteiger partial charge in [0.15, 0.2) is 0 Å². The van der Waals surface area contributed by atoms with E-state index < -0.39 is 4.65 Å². The number of hydrogen-bond acceptors (Lipinski definition) is 4. The Labute approximate surface area is 217 Å². The molecular weight excluding hydrogens is 462 g/mol. The van der Waals surface area contributed by atoms with Crippen molar-refractivity contribution < 1.29 is 14.2 Å². The van der Waals surface area contributed by atoms with Crippen molar-refractivity contribution in [2.45, 2.75) is 25.4 Å². The summed E-state index contributed by atoms with van der Waals surface area (Å²) in [5.74, 6) is 0.278. The summed E-state index contributed by atoms with van der Waals surface area (Å²) in [7, 11) is 0. The molecule has 0 bridgehead atoms. The number of rotatable bonds is 7. The van der Waals surface area contributed by atoms with E-state index >= 15 is 0 Å². The molecule has 2 fully saturated rings. The highest BCUT2D eigenvalue weighted by Crippen LogP contribution is 2.42. The van der Waals surface area contributed by atoms with Crippen LogP contribution >= 0.6 is 0 Å². The number of hydrogen-bond donors (Lipinski definition) is 1. The molecule has 1 amide bonds. The van der Waals surface area contributed by atoms with Crippen LogP contribution in [0.15, 0.2) is 84.9 Å². The fourth-order valence-corrected chi connectivity index (χ4v) is 5.40. The molecule has 1 saturated carbocycles. The molecule has 3 aromatic carbocycles. The van der Waals surface area contributed by atoms with Gasteiger partial charge in [0.05, 0.1) is 36.0 Å². The van der Waals surface area contributed by atoms with Crippen LogP contribution < -0.4 is 5.32 Å². The molecule has 6 rings (SSSR count). The zero-order valence-electron chi connectivity index (χ0n) is 20.8. The fraction of sp³-hybridized carbons (Fsp3) is 0.290. The molecule has 6 heteroatoms. The van der Waals surface area contributed by atoms with Crippen LogP contribution in [0.4, 0.5) is 0 Å². The highest BCUT2D eigenvalue weighted by atomic mass is 16.6. The van der Waals surface area contributed by atoms with Crippen LogP contribution in [0, 0.1) is 11.1 Å². The first kappa shape index (κ1) is 23.8. The molecule has 37 heavy (non-hydrogen) atoms. The van der Waals surface area contributed by atoms with Crippen LogP contribution in [0.1, 0.15) is 40.4 Å². The van der Waals surface area contributed by atoms with Crippen molar-refractivity contribution in [2.24, 2.45) is 5.92 Å². The molecule has 1 atom stereocenters. The van der Waals surface area contributed by atoms with Crippen molar-refractivity contribution in [2.75, 3.05) is 26.3 Å². The second-order valence-corrected chi connectivity index (χ2v) is 10.2. The SMILES string of the molecule is O=C(NC(c1ccccc1)C1CC1)c1c(C[N+]2([O-])CCOCC2)c(-c2ccccc2)nc2ccccc12. The molecule has 1 aliphatic heterocycles. The number of quaternary nitrogens is 1. The van der Waals surface area contributed by atoms with Crippen LogP contribution in [-0.2, 0) is 11.3 Å². The van der Waals surface area contributed by atoms with Gasteiger partial charge in [-0.1, -0.05) is 78.9 Å². The minimum absolute atomic E-state index is 0.0626. The normalized spacial score (nSPS) is 17.9. The Kier molecular flexibility index (Phi) is 6.47. The van der Waals surface area contributed by atoms with Gasteiger partial charge in [-0.3, -0.25) is 4.79 Å². The molecule has 1 aromatic heterocycles. The van der Waals surface area contributed by atoms with E-state index in [1.807, 2.05) is 72.8 Å². The lowest BCUT2D eigenvalue weighted by Crippen LogP contribution is -2.50. The predicted molar refractivity (Wildman–Crippen MR) is 144 cm³/mol. The molecule has 188 valence electrons. The number of carbonyl (C=O) groups is 1. The van der Waals surface area contributed by atoms with E-state index in [1.54, 1.807) is 0 Å². The molecule has 2 heterocycles. The molecule has 1 saturated heterocycles. The van der Waals surface area contributed by atoms with Gasteiger partial charge in [0, 0.05) is 16.5 Å². The number of pyridine rings is 1. The topological polar surface area (TPSA) is 74.3 Å². The Hall–Kier alpha value is -3.58. The Morgan fingerprint density at radius 3 is 2.30 bits per heavy atom. The Morgan fingerprint density at radius 2 is 1.59 bits per heavy atom. The summed E-state index contributed by atoms with van der Waals surface area (Å²) in [6.07, 6.45) is 2.19. The standard InChI is InChI=1S/C31H31N3O3/c35-31(33-29(24-15-16-24)22-9-3-1-4-10-22)28-25-13-7-8-14-27(25)32-30(23-11-5-2-6-12-23)26(28)21-34(36)17-19-37-20-18-34/h1-14,24,29H,15-21H2,(H,33,35). The first-order valence-corrected chi connectivity index (χ1v) is 13.1. The van der Waals surface area contributed by atoms with Crippen LogP contribution in [0.3, 0.4) is 0 Å². The molecule has 1 unspecified atom stereocenters. The summed E-state index contributed by atoms with van der Waals surface area (Å²) < 4.78 is 5.06. The van der Waals surface area contributed by atoms with E-state index in [0.717, 1.165) is 34.9 Å². The number of fused-ring (bicyclic) bond motifs is 1. The number of hydroxylamine groups is 3. The molecule has 1 N–H and O–H groups in total. The van der Waals surface area contributed by atoms with Gasteiger partial charge in [-0.15, -0.1) is 0 Å². The maximum Gasteiger partial charge on any atom is 0.253 e. The van der Waals surface area contributed by atoms with Gasteiger partial charge in [0.1, 0.15) is 19.6 Å². The Morgan fingerprint density at radius 1 is 0.946 bits per heavy atom. The number of benzene rings is 3. The van der Waals surface area contributed by atoms with Crippen LogP contribution in [0.2, 0.25) is 0 Å². The van der Waals surface area contributed by atoms with Crippen molar-refractivity contribution in [1.82, 2.24) is 10.3 Å². The van der Waals surface area contributed by atoms with Crippen molar-refractivity contribution in [3.05, 3.63) is 107 Å². The number of morpholine rings is 1. The van der Waals surface area contributed by atoms with E-state index in [-0.39, 0.29) is 18.5 Å². The van der Waals surface area contributed by atoms with Crippen LogP contribution in [-0.4, -0.2) is 41.8 Å². The monoisotopic (exact) mass is 493 g/mol. The summed E-state index contributed by atoms with van der Waals surface area (Å²) in [6.45, 7) is 1.73. The molecular formula is C31H31N3O3. The van der Waals surface area contributed by atoms with Crippen molar-refractivity contribution in [3.63, 3.8) is 0 Å². The summed E-state index contributed by atoms with van der Waals surface area (Å²) in [5, 5.41) is 18.0. The average molecular weight is 494 g/mol. The molecule has 0 spiro atoms. The van der Waals surface area contributed by atoms with E-state index in [2.05, 4.69) is 17.4 Å². The number of amides is 1. The third-order valence-corrected chi connectivity index (χ3v) is 7.54. The highest BCUT2D eigenvalue weighted by molar-refractivity contribution is 6.09. The molecule has 1 aliphatic carbocycles. The zero-order valence-corrected chi connectivity index (χ0v) is 20.8. The lowest BCUT2D eigenvalue weighted by molar-refractivity contribution is -0.901. The summed E-state index contributed by atoms with van der Waals surface area (Å²) in [5.41, 5.74) is 4.73. The Bertz CT molecular complexity index is 1400. The predicted octanol–water partition coefficient (Wildman–Crippen LogP) is 5.63. The molecule has 4 aromatic rings. The minimum Gasteiger partial charge on any atom is -0.632 e. The highest BCUT2D eigenvalue weighted by Gasteiger charge is 2.35. The fourth-order valence-electron chi connectivity index (χ4n) is 5.40. The molecule has 2 aliphatic rings. The summed E-state index contributed by atoms with van der Waals surface area (Å²) in [6, 6.07) is 27.7. The van der Waals surface area contributed by atoms with Crippen LogP contribution in [0.25, 0.3) is 22.2 Å². The number of nitrogens with one attached hydrogen (secondary N) is 1. The number of carbonyl (C=O) groups excluding carboxylic acids is 1. The second-order valence-electron chi connectivity index (χ2n) is 10.2. The first-order chi connectivity index (χ1) is 18.1. The lowest BCUT2D eigenvalue weighted by atomic mass is 9.94. The van der Waals surface area contributed by atoms with E-state index in [9.17, 15) is 10.0 Å². The maximum absolute atomic E-state index is 14.3. The summed E-state index contributed by atoms with van der Waals surface area (Å²) >= 11 is 0. The molecule has 0 radical (unpaired) electrons. The number of nitrogens with zero attached hydrogens (tertiary/aromatic N) is 2. The lowest BCUT2D eigenvalue weighted by Gasteiger charge is -2.45. The smallest absolute Gasteiger partial charge is 0.253 e. The van der Waals surface area contributed by atoms with Gasteiger partial charge in [0.2, 0.25) is 0 Å². The second kappa shape index (κ2) is 10.1. The number of para-hydroxylation sites is 1. The average Bonchev–Trinajstić information content (AvgIpc) is 3.78. The molecule has 6 nitrogen and oxygen atoms in total. The Balaban J connectivity index is 1.51. The zero-order chi connectivity index (χ0) is 25.2. The quantitative estimate of drug-likeness (QED) is 0.268. The van der Waals surface area contributed by atoms with E-state index in [1.165, 1.54) is 0 Å². The van der Waals surface area contributed by atoms with Gasteiger partial charge in [-0.05, 0) is 30.4 Å². The van der Waals surface area contributed by atoms with Gasteiger partial charge >= 0.3 is 0 Å². The summed E-state index contributed by atoms with van der Waals surface area (Å²) in [4.78, 5) is 19.3. The minimum atomic E-state index is -0.426. The first-order valence-electron chi connectivity index (χ1n) is 13.1. The van der Waals surface area contributed by atoms with E-state index in [4.69, 9.17) is 9.72 Å². The van der Waals surface area contributed by atoms with Gasteiger partial charge < -0.3 is 19.9 Å². The number of aromatic nitrogens is 1. The van der Waals surface area contributed by atoms with Crippen molar-refractivity contribution in [1.29, 1.82) is 0 Å². The van der Waals surface area contributed by atoms with Gasteiger partial charge in [0.25, 0.3) is 5.91 Å². The number of ether oxygens (including phenoxy) is 1. The van der Waals surface area contributed by atoms with Gasteiger partial charge in [-0.2, -0.15) is 0 Å². The van der Waals surface area contributed by atoms with Gasteiger partial charge in [-0.25, -0.2) is 4.98 Å². The maximum atomic E-state index is 14.3. The van der Waals surface area contributed by atoms with E-state index in [0.29, 0.717) is 49.0 Å². The third-order valence-electron chi connectivity index (χ3n) is 7.54. The van der Waals surface area contributed by atoms with Crippen LogP contribution in [0.5, 0.6) is 0 Å².